The van der Waals surface area contributed by atoms with Crippen LogP contribution in [0, 0.1) is 0 Å². The molecule has 1 heterocycles. The van der Waals surface area contributed by atoms with Crippen LogP contribution in [0.3, 0.4) is 0 Å². The highest BCUT2D eigenvalue weighted by atomic mass is 16.5. The summed E-state index contributed by atoms with van der Waals surface area (Å²) in [4.78, 5) is 77.0. The van der Waals surface area contributed by atoms with Gasteiger partial charge in [-0.25, -0.2) is 0 Å². The van der Waals surface area contributed by atoms with Crippen molar-refractivity contribution in [1.29, 1.82) is 0 Å². The topological polar surface area (TPSA) is 151 Å². The molecule has 32 heavy (non-hydrogen) atoms. The number of ether oxygens (including phenoxy) is 2. The van der Waals surface area contributed by atoms with Crippen LogP contribution in [0.15, 0.2) is 0 Å². The minimum Gasteiger partial charge on any atom is -0.469 e. The molecule has 1 aliphatic rings. The van der Waals surface area contributed by atoms with Crippen molar-refractivity contribution >= 4 is 35.6 Å². The molecule has 0 aliphatic carbocycles. The number of carbonyl (C=O) groups is 6. The number of nitrogens with zero attached hydrogens (tertiary/aromatic N) is 2. The van der Waals surface area contributed by atoms with E-state index in [1.54, 1.807) is 27.7 Å². The SMILES string of the molecule is COC(=O)C[C@H]1C(=O)N(CC(=O)NC(C)C)[C@@H](CC(=O)OC)C(=O)N1CC(=O)NC(C)C. The summed E-state index contributed by atoms with van der Waals surface area (Å²) in [6, 6.07) is -3.18. The Morgan fingerprint density at radius 1 is 0.750 bits per heavy atom. The monoisotopic (exact) mass is 456 g/mol. The molecule has 4 amide bonds. The molecule has 0 aromatic heterocycles. The molecule has 180 valence electrons. The molecule has 0 bridgehead atoms. The first-order valence-electron chi connectivity index (χ1n) is 10.2. The van der Waals surface area contributed by atoms with Gasteiger partial charge < -0.3 is 29.9 Å². The molecule has 0 aromatic carbocycles. The Kier molecular flexibility index (Phi) is 10.1. The predicted molar refractivity (Wildman–Crippen MR) is 111 cm³/mol. The highest BCUT2D eigenvalue weighted by molar-refractivity contribution is 6.03. The second-order valence-corrected chi connectivity index (χ2v) is 7.97. The highest BCUT2D eigenvalue weighted by Crippen LogP contribution is 2.23. The molecule has 0 spiro atoms. The van der Waals surface area contributed by atoms with Gasteiger partial charge in [0.05, 0.1) is 27.1 Å². The van der Waals surface area contributed by atoms with Crippen LogP contribution in [0.5, 0.6) is 0 Å². The Hall–Kier alpha value is -3.18. The van der Waals surface area contributed by atoms with E-state index in [2.05, 4.69) is 20.1 Å². The Balaban J connectivity index is 3.34. The van der Waals surface area contributed by atoms with E-state index in [0.717, 1.165) is 24.0 Å². The molecule has 1 aliphatic heterocycles. The van der Waals surface area contributed by atoms with Gasteiger partial charge >= 0.3 is 11.9 Å². The third-order valence-corrected chi connectivity index (χ3v) is 4.59. The van der Waals surface area contributed by atoms with E-state index in [0.29, 0.717) is 0 Å². The van der Waals surface area contributed by atoms with Gasteiger partial charge in [-0.3, -0.25) is 28.8 Å². The molecular weight excluding hydrogens is 424 g/mol. The number of hydrogen-bond acceptors (Lipinski definition) is 8. The van der Waals surface area contributed by atoms with Gasteiger partial charge in [-0.05, 0) is 27.7 Å². The number of rotatable bonds is 10. The number of piperazine rings is 1. The summed E-state index contributed by atoms with van der Waals surface area (Å²) in [6.45, 7) is 5.89. The molecule has 2 N–H and O–H groups in total. The zero-order valence-corrected chi connectivity index (χ0v) is 19.3. The van der Waals surface area contributed by atoms with E-state index in [4.69, 9.17) is 0 Å². The van der Waals surface area contributed by atoms with Gasteiger partial charge in [0.1, 0.15) is 25.2 Å². The van der Waals surface area contributed by atoms with Crippen LogP contribution in [-0.4, -0.2) is 96.8 Å². The van der Waals surface area contributed by atoms with Gasteiger partial charge in [0.2, 0.25) is 23.6 Å². The standard InChI is InChI=1S/C20H32N4O8/c1-11(2)21-15(25)9-23-13(7-17(27)31-5)20(30)24(10-16(26)22-12(3)4)14(19(23)29)8-18(28)32-6/h11-14H,7-10H2,1-6H3,(H,21,25)(H,22,26)/t13-,14-/m0/s1. The predicted octanol–water partition coefficient (Wildman–Crippen LogP) is -1.43. The fourth-order valence-electron chi connectivity index (χ4n) is 3.25. The number of esters is 2. The van der Waals surface area contributed by atoms with Crippen molar-refractivity contribution in [2.75, 3.05) is 27.3 Å². The largest absolute Gasteiger partial charge is 0.469 e. The first-order valence-corrected chi connectivity index (χ1v) is 10.2. The molecule has 0 aromatic rings. The first-order chi connectivity index (χ1) is 14.9. The average Bonchev–Trinajstić information content (AvgIpc) is 2.69. The van der Waals surface area contributed by atoms with Gasteiger partial charge in [-0.1, -0.05) is 0 Å². The van der Waals surface area contributed by atoms with Gasteiger partial charge in [0, 0.05) is 12.1 Å². The van der Waals surface area contributed by atoms with Crippen LogP contribution in [0.4, 0.5) is 0 Å². The third-order valence-electron chi connectivity index (χ3n) is 4.59. The number of nitrogens with one attached hydrogen (secondary N) is 2. The first kappa shape index (κ1) is 26.9. The second kappa shape index (κ2) is 12.0. The number of methoxy groups -OCH3 is 2. The smallest absolute Gasteiger partial charge is 0.308 e. The van der Waals surface area contributed by atoms with E-state index in [1.807, 2.05) is 0 Å². The van der Waals surface area contributed by atoms with Crippen LogP contribution in [0.2, 0.25) is 0 Å². The summed E-state index contributed by atoms with van der Waals surface area (Å²) in [6.07, 6.45) is -1.02. The van der Waals surface area contributed by atoms with E-state index < -0.39 is 73.6 Å². The van der Waals surface area contributed by atoms with Crippen LogP contribution in [0.25, 0.3) is 0 Å². The molecule has 0 unspecified atom stereocenters. The third kappa shape index (κ3) is 7.50. The second-order valence-electron chi connectivity index (χ2n) is 7.97. The van der Waals surface area contributed by atoms with Crippen molar-refractivity contribution in [1.82, 2.24) is 20.4 Å². The lowest BCUT2D eigenvalue weighted by molar-refractivity contribution is -0.169. The molecule has 12 heteroatoms. The van der Waals surface area contributed by atoms with Crippen molar-refractivity contribution in [2.24, 2.45) is 0 Å². The van der Waals surface area contributed by atoms with Crippen molar-refractivity contribution in [2.45, 2.75) is 64.7 Å². The fraction of sp³-hybridized carbons (Fsp3) is 0.700. The molecule has 1 rings (SSSR count). The van der Waals surface area contributed by atoms with Crippen LogP contribution < -0.4 is 10.6 Å². The number of hydrogen-bond donors (Lipinski definition) is 2. The maximum Gasteiger partial charge on any atom is 0.308 e. The van der Waals surface area contributed by atoms with Gasteiger partial charge in [-0.15, -0.1) is 0 Å². The Morgan fingerprint density at radius 3 is 1.31 bits per heavy atom. The minimum absolute atomic E-state index is 0.223. The molecule has 1 saturated heterocycles. The van der Waals surface area contributed by atoms with E-state index in [-0.39, 0.29) is 12.1 Å². The molecule has 0 radical (unpaired) electrons. The van der Waals surface area contributed by atoms with E-state index in [9.17, 15) is 28.8 Å². The lowest BCUT2D eigenvalue weighted by atomic mass is 9.99. The lowest BCUT2D eigenvalue weighted by Crippen LogP contribution is -2.67. The Labute approximate surface area is 186 Å². The molecule has 12 nitrogen and oxygen atoms in total. The van der Waals surface area contributed by atoms with Crippen molar-refractivity contribution in [3.8, 4) is 0 Å². The van der Waals surface area contributed by atoms with Gasteiger partial charge in [0.25, 0.3) is 0 Å². The summed E-state index contributed by atoms with van der Waals surface area (Å²) < 4.78 is 9.26. The maximum absolute atomic E-state index is 13.3. The summed E-state index contributed by atoms with van der Waals surface area (Å²) >= 11 is 0. The maximum atomic E-state index is 13.3. The average molecular weight is 456 g/mol. The lowest BCUT2D eigenvalue weighted by Gasteiger charge is -2.44. The summed E-state index contributed by atoms with van der Waals surface area (Å²) in [5.41, 5.74) is 0. The molecule has 1 fully saturated rings. The van der Waals surface area contributed by atoms with Crippen LogP contribution >= 0.6 is 0 Å². The summed E-state index contributed by atoms with van der Waals surface area (Å²) in [5.74, 6) is -4.13. The zero-order valence-electron chi connectivity index (χ0n) is 19.3. The molecule has 2 atom stereocenters. The van der Waals surface area contributed by atoms with Gasteiger partial charge in [-0.2, -0.15) is 0 Å². The zero-order chi connectivity index (χ0) is 24.6. The normalized spacial score (nSPS) is 18.6. The highest BCUT2D eigenvalue weighted by Gasteiger charge is 2.48. The van der Waals surface area contributed by atoms with Crippen LogP contribution in [-0.2, 0) is 38.2 Å². The van der Waals surface area contributed by atoms with Crippen molar-refractivity contribution < 1.29 is 38.2 Å². The van der Waals surface area contributed by atoms with E-state index >= 15 is 0 Å². The Bertz CT molecular complexity index is 690. The van der Waals surface area contributed by atoms with Crippen LogP contribution in [0.1, 0.15) is 40.5 Å². The summed E-state index contributed by atoms with van der Waals surface area (Å²) in [7, 11) is 2.25. The molecular formula is C20H32N4O8. The van der Waals surface area contributed by atoms with Crippen molar-refractivity contribution in [3.05, 3.63) is 0 Å². The quantitative estimate of drug-likeness (QED) is 0.380. The van der Waals surface area contributed by atoms with Gasteiger partial charge in [0.15, 0.2) is 0 Å². The Morgan fingerprint density at radius 2 is 1.06 bits per heavy atom. The summed E-state index contributed by atoms with van der Waals surface area (Å²) in [5, 5.41) is 5.23. The molecule has 0 saturated carbocycles. The minimum atomic E-state index is -1.37. The number of carbonyl (C=O) groups excluding carboxylic acids is 6. The number of amides is 4. The van der Waals surface area contributed by atoms with E-state index in [1.165, 1.54) is 0 Å². The van der Waals surface area contributed by atoms with Crippen molar-refractivity contribution in [3.63, 3.8) is 0 Å². The fourth-order valence-corrected chi connectivity index (χ4v) is 3.25.